The second kappa shape index (κ2) is 3.36. The number of H-pyrrole nitrogens is 1. The zero-order chi connectivity index (χ0) is 11.2. The van der Waals surface area contributed by atoms with Crippen LogP contribution in [0.25, 0.3) is 0 Å². The van der Waals surface area contributed by atoms with E-state index in [1.807, 2.05) is 13.8 Å². The number of nitrogens with zero attached hydrogens (tertiary/aromatic N) is 1. The third-order valence-electron chi connectivity index (χ3n) is 3.04. The molecule has 3 N–H and O–H groups in total. The minimum absolute atomic E-state index is 0.0772. The van der Waals surface area contributed by atoms with Gasteiger partial charge in [-0.05, 0) is 18.3 Å². The van der Waals surface area contributed by atoms with Crippen molar-refractivity contribution in [1.29, 1.82) is 0 Å². The second-order valence-corrected chi connectivity index (χ2v) is 4.72. The van der Waals surface area contributed by atoms with Crippen LogP contribution >= 0.6 is 0 Å². The molecule has 2 rings (SSSR count). The van der Waals surface area contributed by atoms with Gasteiger partial charge in [0.05, 0.1) is 5.56 Å². The zero-order valence-corrected chi connectivity index (χ0v) is 9.37. The van der Waals surface area contributed by atoms with Crippen molar-refractivity contribution in [2.75, 3.05) is 5.73 Å². The van der Waals surface area contributed by atoms with Gasteiger partial charge in [-0.1, -0.05) is 20.8 Å². The van der Waals surface area contributed by atoms with E-state index in [2.05, 4.69) is 16.9 Å². The van der Waals surface area contributed by atoms with Crippen molar-refractivity contribution in [3.63, 3.8) is 0 Å². The summed E-state index contributed by atoms with van der Waals surface area (Å²) in [6.07, 6.45) is 1.10. The Labute approximate surface area is 88.9 Å². The lowest BCUT2D eigenvalue weighted by Crippen LogP contribution is -2.20. The summed E-state index contributed by atoms with van der Waals surface area (Å²) >= 11 is 0. The summed E-state index contributed by atoms with van der Waals surface area (Å²) in [6.45, 7) is 6.04. The molecular formula is C11H17N3O. The molecule has 1 fully saturated rings. The van der Waals surface area contributed by atoms with E-state index in [-0.39, 0.29) is 11.5 Å². The third-order valence-corrected chi connectivity index (χ3v) is 3.04. The van der Waals surface area contributed by atoms with Crippen LogP contribution in [0.3, 0.4) is 0 Å². The largest absolute Gasteiger partial charge is 0.383 e. The molecule has 0 radical (unpaired) electrons. The van der Waals surface area contributed by atoms with Gasteiger partial charge in [-0.15, -0.1) is 0 Å². The lowest BCUT2D eigenvalue weighted by molar-refractivity contribution is 0.790. The lowest BCUT2D eigenvalue weighted by Gasteiger charge is -2.08. The van der Waals surface area contributed by atoms with Crippen LogP contribution in [0.4, 0.5) is 5.82 Å². The molecule has 0 spiro atoms. The average molecular weight is 207 g/mol. The fraction of sp³-hybridized carbons (Fsp3) is 0.636. The van der Waals surface area contributed by atoms with Gasteiger partial charge in [0.2, 0.25) is 0 Å². The summed E-state index contributed by atoms with van der Waals surface area (Å²) in [5.41, 5.74) is 6.33. The molecule has 82 valence electrons. The Morgan fingerprint density at radius 3 is 2.53 bits per heavy atom. The minimum atomic E-state index is -0.0772. The SMILES string of the molecule is CC(C)c1c(N)nc(C2CC2C)[nH]c1=O. The standard InChI is InChI=1S/C11H17N3O/c1-5(2)8-9(12)13-10(14-11(8)15)7-4-6(7)3/h5-7H,4H2,1-3H3,(H3,12,13,14,15). The molecule has 1 aliphatic rings. The molecule has 4 nitrogen and oxygen atoms in total. The maximum absolute atomic E-state index is 11.8. The first-order valence-electron chi connectivity index (χ1n) is 5.40. The maximum Gasteiger partial charge on any atom is 0.256 e. The van der Waals surface area contributed by atoms with Gasteiger partial charge >= 0.3 is 0 Å². The Morgan fingerprint density at radius 1 is 1.53 bits per heavy atom. The number of hydrogen-bond acceptors (Lipinski definition) is 3. The molecule has 1 aliphatic carbocycles. The van der Waals surface area contributed by atoms with Crippen LogP contribution in [0, 0.1) is 5.92 Å². The number of nitrogens with one attached hydrogen (secondary N) is 1. The predicted octanol–water partition coefficient (Wildman–Crippen LogP) is 1.60. The molecule has 1 aromatic heterocycles. The Bertz CT molecular complexity index is 436. The van der Waals surface area contributed by atoms with Gasteiger partial charge in [-0.2, -0.15) is 0 Å². The fourth-order valence-electron chi connectivity index (χ4n) is 1.95. The molecule has 15 heavy (non-hydrogen) atoms. The van der Waals surface area contributed by atoms with Crippen molar-refractivity contribution in [3.8, 4) is 0 Å². The van der Waals surface area contributed by atoms with Gasteiger partial charge in [0, 0.05) is 5.92 Å². The summed E-state index contributed by atoms with van der Waals surface area (Å²) in [5.74, 6) is 2.29. The molecular weight excluding hydrogens is 190 g/mol. The van der Waals surface area contributed by atoms with Gasteiger partial charge in [-0.25, -0.2) is 4.98 Å². The first-order valence-corrected chi connectivity index (χ1v) is 5.40. The molecule has 1 aromatic rings. The van der Waals surface area contributed by atoms with Crippen LogP contribution in [-0.2, 0) is 0 Å². The number of nitrogen functional groups attached to an aromatic ring is 1. The molecule has 1 heterocycles. The number of hydrogen-bond donors (Lipinski definition) is 2. The van der Waals surface area contributed by atoms with Crippen molar-refractivity contribution in [1.82, 2.24) is 9.97 Å². The van der Waals surface area contributed by atoms with E-state index in [1.165, 1.54) is 0 Å². The Kier molecular flexibility index (Phi) is 2.29. The van der Waals surface area contributed by atoms with Crippen molar-refractivity contribution in [3.05, 3.63) is 21.7 Å². The van der Waals surface area contributed by atoms with Crippen molar-refractivity contribution in [2.24, 2.45) is 5.92 Å². The van der Waals surface area contributed by atoms with Gasteiger partial charge in [0.25, 0.3) is 5.56 Å². The molecule has 4 heteroatoms. The van der Waals surface area contributed by atoms with Gasteiger partial charge in [0.1, 0.15) is 11.6 Å². The highest BCUT2D eigenvalue weighted by Gasteiger charge is 2.36. The monoisotopic (exact) mass is 207 g/mol. The molecule has 0 aliphatic heterocycles. The van der Waals surface area contributed by atoms with E-state index < -0.39 is 0 Å². The first kappa shape index (κ1) is 10.2. The van der Waals surface area contributed by atoms with Gasteiger partial charge in [0.15, 0.2) is 0 Å². The summed E-state index contributed by atoms with van der Waals surface area (Å²) in [6, 6.07) is 0. The molecule has 0 bridgehead atoms. The Balaban J connectivity index is 2.44. The summed E-state index contributed by atoms with van der Waals surface area (Å²) in [5, 5.41) is 0. The van der Waals surface area contributed by atoms with Crippen LogP contribution in [0.15, 0.2) is 4.79 Å². The van der Waals surface area contributed by atoms with Gasteiger partial charge in [-0.3, -0.25) is 4.79 Å². The van der Waals surface area contributed by atoms with Crippen LogP contribution in [0.1, 0.15) is 50.4 Å². The Morgan fingerprint density at radius 2 is 2.13 bits per heavy atom. The second-order valence-electron chi connectivity index (χ2n) is 4.72. The van der Waals surface area contributed by atoms with E-state index in [4.69, 9.17) is 5.73 Å². The quantitative estimate of drug-likeness (QED) is 0.773. The molecule has 2 unspecified atom stereocenters. The van der Waals surface area contributed by atoms with E-state index in [1.54, 1.807) is 0 Å². The number of aromatic amines is 1. The summed E-state index contributed by atoms with van der Waals surface area (Å²) in [4.78, 5) is 18.9. The Hall–Kier alpha value is -1.32. The van der Waals surface area contributed by atoms with E-state index >= 15 is 0 Å². The van der Waals surface area contributed by atoms with E-state index in [9.17, 15) is 4.79 Å². The molecule has 2 atom stereocenters. The van der Waals surface area contributed by atoms with E-state index in [0.29, 0.717) is 23.2 Å². The predicted molar refractivity (Wildman–Crippen MR) is 59.9 cm³/mol. The van der Waals surface area contributed by atoms with Gasteiger partial charge < -0.3 is 10.7 Å². The number of rotatable bonds is 2. The lowest BCUT2D eigenvalue weighted by atomic mass is 10.1. The number of aromatic nitrogens is 2. The third kappa shape index (κ3) is 1.76. The number of nitrogens with two attached hydrogens (primary N) is 1. The normalized spacial score (nSPS) is 24.5. The van der Waals surface area contributed by atoms with Crippen molar-refractivity contribution >= 4 is 5.82 Å². The van der Waals surface area contributed by atoms with E-state index in [0.717, 1.165) is 12.2 Å². The van der Waals surface area contributed by atoms with Crippen LogP contribution in [-0.4, -0.2) is 9.97 Å². The summed E-state index contributed by atoms with van der Waals surface area (Å²) in [7, 11) is 0. The minimum Gasteiger partial charge on any atom is -0.383 e. The fourth-order valence-corrected chi connectivity index (χ4v) is 1.95. The summed E-state index contributed by atoms with van der Waals surface area (Å²) < 4.78 is 0. The molecule has 0 amide bonds. The van der Waals surface area contributed by atoms with Crippen LogP contribution < -0.4 is 11.3 Å². The molecule has 0 aromatic carbocycles. The van der Waals surface area contributed by atoms with Crippen LogP contribution in [0.2, 0.25) is 0 Å². The van der Waals surface area contributed by atoms with Crippen LogP contribution in [0.5, 0.6) is 0 Å². The highest BCUT2D eigenvalue weighted by atomic mass is 16.1. The maximum atomic E-state index is 11.8. The molecule has 0 saturated heterocycles. The average Bonchev–Trinajstić information content (AvgIpc) is 2.80. The topological polar surface area (TPSA) is 71.8 Å². The number of anilines is 1. The zero-order valence-electron chi connectivity index (χ0n) is 9.37. The highest BCUT2D eigenvalue weighted by Crippen LogP contribution is 2.45. The molecule has 1 saturated carbocycles. The first-order chi connectivity index (χ1) is 7.00. The van der Waals surface area contributed by atoms with Crippen molar-refractivity contribution < 1.29 is 0 Å². The smallest absolute Gasteiger partial charge is 0.256 e. The van der Waals surface area contributed by atoms with Crippen molar-refractivity contribution in [2.45, 2.75) is 39.0 Å². The highest BCUT2D eigenvalue weighted by molar-refractivity contribution is 5.40.